The average Bonchev–Trinajstić information content (AvgIpc) is 2.50. The predicted molar refractivity (Wildman–Crippen MR) is 92.9 cm³/mol. The summed E-state index contributed by atoms with van der Waals surface area (Å²) in [6, 6.07) is 4.64. The van der Waals surface area contributed by atoms with Crippen molar-refractivity contribution in [3.8, 4) is 0 Å². The number of carbonyl (C=O) groups excluding carboxylic acids is 3. The Balaban J connectivity index is 3.62. The van der Waals surface area contributed by atoms with E-state index in [0.717, 1.165) is 0 Å². The summed E-state index contributed by atoms with van der Waals surface area (Å²) in [6.07, 6.45) is 0.142. The first-order valence-corrected chi connectivity index (χ1v) is 8.37. The molecule has 1 rings (SSSR count). The summed E-state index contributed by atoms with van der Waals surface area (Å²) in [7, 11) is 0. The van der Waals surface area contributed by atoms with Crippen LogP contribution in [0.2, 0.25) is 0 Å². The molecule has 0 spiro atoms. The van der Waals surface area contributed by atoms with Crippen molar-refractivity contribution < 1.29 is 23.9 Å². The van der Waals surface area contributed by atoms with Crippen LogP contribution in [0.15, 0.2) is 18.2 Å². The van der Waals surface area contributed by atoms with E-state index in [-0.39, 0.29) is 25.2 Å². The molecule has 1 amide bonds. The highest BCUT2D eigenvalue weighted by atomic mass is 127. The summed E-state index contributed by atoms with van der Waals surface area (Å²) < 4.78 is 10.9. The van der Waals surface area contributed by atoms with E-state index in [1.165, 1.54) is 6.07 Å². The van der Waals surface area contributed by atoms with Crippen LogP contribution in [0.1, 0.15) is 43.1 Å². The standard InChI is InChI=1S/C16H20INO5/c1-4-16(14(20)22-5-2,15(21)23-6-3)11-9-10(13(18)19)7-8-12(11)17/h7-9H,4-6H2,1-3H3,(H2,18,19). The van der Waals surface area contributed by atoms with Crippen LogP contribution in [0, 0.1) is 3.57 Å². The van der Waals surface area contributed by atoms with Crippen molar-refractivity contribution in [3.63, 3.8) is 0 Å². The minimum Gasteiger partial charge on any atom is -0.465 e. The molecule has 0 heterocycles. The number of rotatable bonds is 7. The second-order valence-electron chi connectivity index (χ2n) is 4.76. The van der Waals surface area contributed by atoms with Gasteiger partial charge in [-0.15, -0.1) is 0 Å². The van der Waals surface area contributed by atoms with E-state index in [2.05, 4.69) is 0 Å². The van der Waals surface area contributed by atoms with Gasteiger partial charge in [-0.2, -0.15) is 0 Å². The van der Waals surface area contributed by atoms with Gasteiger partial charge in [-0.1, -0.05) is 6.92 Å². The molecular weight excluding hydrogens is 413 g/mol. The molecule has 0 fully saturated rings. The Morgan fingerprint density at radius 1 is 1.09 bits per heavy atom. The number of hydrogen-bond acceptors (Lipinski definition) is 5. The van der Waals surface area contributed by atoms with Gasteiger partial charge in [0.15, 0.2) is 5.41 Å². The Kier molecular flexibility index (Phi) is 6.99. The maximum absolute atomic E-state index is 12.6. The monoisotopic (exact) mass is 433 g/mol. The van der Waals surface area contributed by atoms with Crippen molar-refractivity contribution in [2.24, 2.45) is 5.73 Å². The van der Waals surface area contributed by atoms with E-state index in [0.29, 0.717) is 9.13 Å². The highest BCUT2D eigenvalue weighted by Crippen LogP contribution is 2.35. The molecule has 6 nitrogen and oxygen atoms in total. The molecule has 2 N–H and O–H groups in total. The van der Waals surface area contributed by atoms with E-state index in [9.17, 15) is 14.4 Å². The van der Waals surface area contributed by atoms with Gasteiger partial charge in [-0.25, -0.2) is 0 Å². The molecule has 0 radical (unpaired) electrons. The Morgan fingerprint density at radius 2 is 1.61 bits per heavy atom. The molecule has 0 saturated carbocycles. The van der Waals surface area contributed by atoms with Crippen molar-refractivity contribution in [3.05, 3.63) is 32.9 Å². The molecule has 23 heavy (non-hydrogen) atoms. The first kappa shape index (κ1) is 19.4. The molecule has 126 valence electrons. The summed E-state index contributed by atoms with van der Waals surface area (Å²) in [4.78, 5) is 36.7. The number of nitrogens with two attached hydrogens (primary N) is 1. The third-order valence-corrected chi connectivity index (χ3v) is 4.43. The number of carbonyl (C=O) groups is 3. The van der Waals surface area contributed by atoms with Crippen LogP contribution >= 0.6 is 22.6 Å². The molecule has 1 aromatic rings. The van der Waals surface area contributed by atoms with Gasteiger partial charge in [0.25, 0.3) is 0 Å². The lowest BCUT2D eigenvalue weighted by Crippen LogP contribution is -2.46. The highest BCUT2D eigenvalue weighted by Gasteiger charge is 2.50. The van der Waals surface area contributed by atoms with Crippen molar-refractivity contribution in [2.45, 2.75) is 32.6 Å². The average molecular weight is 433 g/mol. The fourth-order valence-electron chi connectivity index (χ4n) is 2.30. The predicted octanol–water partition coefficient (Wildman–Crippen LogP) is 2.16. The van der Waals surface area contributed by atoms with Crippen LogP contribution in [0.4, 0.5) is 0 Å². The number of benzene rings is 1. The highest BCUT2D eigenvalue weighted by molar-refractivity contribution is 14.1. The molecule has 0 unspecified atom stereocenters. The molecule has 0 aliphatic heterocycles. The van der Waals surface area contributed by atoms with Crippen LogP contribution < -0.4 is 5.73 Å². The molecule has 0 aromatic heterocycles. The van der Waals surface area contributed by atoms with E-state index in [1.54, 1.807) is 32.9 Å². The van der Waals surface area contributed by atoms with Crippen LogP contribution in [-0.4, -0.2) is 31.1 Å². The zero-order valence-corrected chi connectivity index (χ0v) is 15.5. The fraction of sp³-hybridized carbons (Fsp3) is 0.438. The topological polar surface area (TPSA) is 95.7 Å². The van der Waals surface area contributed by atoms with E-state index >= 15 is 0 Å². The first-order chi connectivity index (χ1) is 10.8. The Morgan fingerprint density at radius 3 is 2.00 bits per heavy atom. The summed E-state index contributed by atoms with van der Waals surface area (Å²) in [5.74, 6) is -2.03. The summed E-state index contributed by atoms with van der Waals surface area (Å²) in [5, 5.41) is 0. The lowest BCUT2D eigenvalue weighted by atomic mass is 9.77. The number of ether oxygens (including phenoxy) is 2. The lowest BCUT2D eigenvalue weighted by Gasteiger charge is -2.29. The van der Waals surface area contributed by atoms with Crippen LogP contribution in [-0.2, 0) is 24.5 Å². The summed E-state index contributed by atoms with van der Waals surface area (Å²) in [5.41, 5.74) is 4.28. The van der Waals surface area contributed by atoms with Gasteiger partial charge in [-0.3, -0.25) is 14.4 Å². The molecule has 1 aromatic carbocycles. The van der Waals surface area contributed by atoms with Crippen molar-refractivity contribution in [2.75, 3.05) is 13.2 Å². The molecule has 0 saturated heterocycles. The smallest absolute Gasteiger partial charge is 0.328 e. The van der Waals surface area contributed by atoms with E-state index in [4.69, 9.17) is 15.2 Å². The van der Waals surface area contributed by atoms with Gasteiger partial charge < -0.3 is 15.2 Å². The number of primary amides is 1. The molecule has 7 heteroatoms. The molecule has 0 aliphatic carbocycles. The van der Waals surface area contributed by atoms with Crippen LogP contribution in [0.5, 0.6) is 0 Å². The molecule has 0 atom stereocenters. The number of hydrogen-bond donors (Lipinski definition) is 1. The zero-order valence-electron chi connectivity index (χ0n) is 13.3. The quantitative estimate of drug-likeness (QED) is 0.404. The Bertz CT molecular complexity index is 596. The van der Waals surface area contributed by atoms with Gasteiger partial charge in [0.1, 0.15) is 0 Å². The molecule has 0 aliphatic rings. The zero-order chi connectivity index (χ0) is 17.6. The van der Waals surface area contributed by atoms with E-state index < -0.39 is 23.3 Å². The normalized spacial score (nSPS) is 11.0. The SMILES string of the molecule is CCOC(=O)C(CC)(C(=O)OCC)c1cc(C(N)=O)ccc1I. The van der Waals surface area contributed by atoms with Crippen LogP contribution in [0.3, 0.4) is 0 Å². The van der Waals surface area contributed by atoms with Gasteiger partial charge >= 0.3 is 11.9 Å². The van der Waals surface area contributed by atoms with Gasteiger partial charge in [0, 0.05) is 9.13 Å². The van der Waals surface area contributed by atoms with Crippen molar-refractivity contribution in [1.29, 1.82) is 0 Å². The van der Waals surface area contributed by atoms with Crippen molar-refractivity contribution >= 4 is 40.4 Å². The second-order valence-corrected chi connectivity index (χ2v) is 5.92. The third-order valence-electron chi connectivity index (χ3n) is 3.49. The largest absolute Gasteiger partial charge is 0.465 e. The van der Waals surface area contributed by atoms with Crippen molar-refractivity contribution in [1.82, 2.24) is 0 Å². The third kappa shape index (κ3) is 3.82. The lowest BCUT2D eigenvalue weighted by molar-refractivity contribution is -0.165. The van der Waals surface area contributed by atoms with E-state index in [1.807, 2.05) is 22.6 Å². The number of halogens is 1. The van der Waals surface area contributed by atoms with Gasteiger partial charge in [0.05, 0.1) is 13.2 Å². The number of amides is 1. The Hall–Kier alpha value is -1.64. The van der Waals surface area contributed by atoms with Gasteiger partial charge in [0.2, 0.25) is 5.91 Å². The summed E-state index contributed by atoms with van der Waals surface area (Å²) >= 11 is 2.00. The second kappa shape index (κ2) is 8.28. The summed E-state index contributed by atoms with van der Waals surface area (Å²) in [6.45, 7) is 5.28. The number of esters is 2. The molecular formula is C16H20INO5. The fourth-order valence-corrected chi connectivity index (χ4v) is 3.09. The first-order valence-electron chi connectivity index (χ1n) is 7.29. The maximum Gasteiger partial charge on any atom is 0.328 e. The van der Waals surface area contributed by atoms with Crippen LogP contribution in [0.25, 0.3) is 0 Å². The van der Waals surface area contributed by atoms with Gasteiger partial charge in [-0.05, 0) is 66.6 Å². The minimum absolute atomic E-state index is 0.131. The molecule has 0 bridgehead atoms. The minimum atomic E-state index is -1.62. The Labute approximate surface area is 148 Å². The maximum atomic E-state index is 12.6.